The molecule has 0 heterocycles. The third-order valence-corrected chi connectivity index (χ3v) is 3.28. The second-order valence-corrected chi connectivity index (χ2v) is 4.87. The van der Waals surface area contributed by atoms with Crippen LogP contribution in [0.1, 0.15) is 24.1 Å². The summed E-state index contributed by atoms with van der Waals surface area (Å²) >= 11 is 0. The Balaban J connectivity index is 1.90. The normalized spacial score (nSPS) is 11.9. The lowest BCUT2D eigenvalue weighted by Crippen LogP contribution is -2.19. The molecule has 0 fully saturated rings. The minimum Gasteiger partial charge on any atom is -0.490 e. The largest absolute Gasteiger partial charge is 0.490 e. The minimum atomic E-state index is -0.175. The number of nitrogens with one attached hydrogen (secondary N) is 1. The van der Waals surface area contributed by atoms with Crippen molar-refractivity contribution in [1.82, 2.24) is 5.32 Å². The van der Waals surface area contributed by atoms with Crippen LogP contribution >= 0.6 is 0 Å². The molecule has 110 valence electrons. The molecule has 2 aromatic rings. The lowest BCUT2D eigenvalue weighted by Gasteiger charge is -2.15. The maximum Gasteiger partial charge on any atom is 0.127 e. The standard InChI is InChI=1S/C18H20FNO/c1-3-12-21-16-10-8-15(9-11-16)13-20-14(2)17-6-4-5-7-18(17)19/h3-11,14,20H,1,12-13H2,2H3. The first-order chi connectivity index (χ1) is 10.2. The lowest BCUT2D eigenvalue weighted by molar-refractivity contribution is 0.363. The summed E-state index contributed by atoms with van der Waals surface area (Å²) in [5.74, 6) is 0.645. The van der Waals surface area contributed by atoms with Gasteiger partial charge in [0.15, 0.2) is 0 Å². The van der Waals surface area contributed by atoms with Crippen molar-refractivity contribution in [2.24, 2.45) is 0 Å². The average molecular weight is 285 g/mol. The Morgan fingerprint density at radius 3 is 2.57 bits per heavy atom. The summed E-state index contributed by atoms with van der Waals surface area (Å²) in [7, 11) is 0. The Morgan fingerprint density at radius 1 is 1.19 bits per heavy atom. The first kappa shape index (κ1) is 15.3. The molecule has 0 spiro atoms. The zero-order valence-electron chi connectivity index (χ0n) is 12.2. The van der Waals surface area contributed by atoms with Crippen LogP contribution in [0.3, 0.4) is 0 Å². The summed E-state index contributed by atoms with van der Waals surface area (Å²) in [6.45, 7) is 6.75. The van der Waals surface area contributed by atoms with Gasteiger partial charge in [0.05, 0.1) is 0 Å². The SMILES string of the molecule is C=CCOc1ccc(CNC(C)c2ccccc2F)cc1. The molecule has 0 saturated carbocycles. The number of halogens is 1. The molecule has 1 unspecified atom stereocenters. The maximum absolute atomic E-state index is 13.7. The zero-order valence-corrected chi connectivity index (χ0v) is 12.2. The van der Waals surface area contributed by atoms with Crippen LogP contribution in [0.2, 0.25) is 0 Å². The van der Waals surface area contributed by atoms with E-state index in [1.54, 1.807) is 18.2 Å². The third kappa shape index (κ3) is 4.43. The number of hydrogen-bond donors (Lipinski definition) is 1. The fourth-order valence-corrected chi connectivity index (χ4v) is 2.07. The molecule has 2 aromatic carbocycles. The predicted molar refractivity (Wildman–Crippen MR) is 83.8 cm³/mol. The third-order valence-electron chi connectivity index (χ3n) is 3.28. The van der Waals surface area contributed by atoms with Crippen molar-refractivity contribution < 1.29 is 9.13 Å². The summed E-state index contributed by atoms with van der Waals surface area (Å²) in [6.07, 6.45) is 1.71. The molecule has 0 saturated heterocycles. The molecule has 0 aromatic heterocycles. The van der Waals surface area contributed by atoms with E-state index in [9.17, 15) is 4.39 Å². The van der Waals surface area contributed by atoms with Crippen LogP contribution < -0.4 is 10.1 Å². The number of hydrogen-bond acceptors (Lipinski definition) is 2. The average Bonchev–Trinajstić information content (AvgIpc) is 2.52. The molecular weight excluding hydrogens is 265 g/mol. The van der Waals surface area contributed by atoms with Gasteiger partial charge in [-0.3, -0.25) is 0 Å². The van der Waals surface area contributed by atoms with Gasteiger partial charge in [0.1, 0.15) is 18.2 Å². The van der Waals surface area contributed by atoms with Gasteiger partial charge in [0, 0.05) is 18.2 Å². The fourth-order valence-electron chi connectivity index (χ4n) is 2.07. The van der Waals surface area contributed by atoms with Crippen molar-refractivity contribution in [3.63, 3.8) is 0 Å². The summed E-state index contributed by atoms with van der Waals surface area (Å²) in [5, 5.41) is 3.32. The van der Waals surface area contributed by atoms with Crippen molar-refractivity contribution in [3.05, 3.63) is 78.1 Å². The van der Waals surface area contributed by atoms with E-state index >= 15 is 0 Å². The molecule has 2 rings (SSSR count). The molecule has 21 heavy (non-hydrogen) atoms. The Labute approximate surface area is 125 Å². The number of ether oxygens (including phenoxy) is 1. The Hall–Kier alpha value is -2.13. The van der Waals surface area contributed by atoms with E-state index in [2.05, 4.69) is 11.9 Å². The van der Waals surface area contributed by atoms with E-state index in [-0.39, 0.29) is 11.9 Å². The zero-order chi connectivity index (χ0) is 15.1. The lowest BCUT2D eigenvalue weighted by atomic mass is 10.1. The van der Waals surface area contributed by atoms with Crippen LogP contribution in [0.25, 0.3) is 0 Å². The smallest absolute Gasteiger partial charge is 0.127 e. The highest BCUT2D eigenvalue weighted by molar-refractivity contribution is 5.28. The highest BCUT2D eigenvalue weighted by Gasteiger charge is 2.09. The molecule has 2 nitrogen and oxygen atoms in total. The summed E-state index contributed by atoms with van der Waals surface area (Å²) in [6, 6.07) is 14.7. The molecular formula is C18H20FNO. The van der Waals surface area contributed by atoms with Crippen LogP contribution in [0.15, 0.2) is 61.2 Å². The van der Waals surface area contributed by atoms with E-state index in [4.69, 9.17) is 4.74 Å². The van der Waals surface area contributed by atoms with E-state index in [1.807, 2.05) is 37.3 Å². The van der Waals surface area contributed by atoms with Gasteiger partial charge in [-0.15, -0.1) is 0 Å². The first-order valence-electron chi connectivity index (χ1n) is 7.01. The van der Waals surface area contributed by atoms with Crippen LogP contribution in [0.5, 0.6) is 5.75 Å². The highest BCUT2D eigenvalue weighted by Crippen LogP contribution is 2.17. The monoisotopic (exact) mass is 285 g/mol. The van der Waals surface area contributed by atoms with E-state index < -0.39 is 0 Å². The van der Waals surface area contributed by atoms with Crippen molar-refractivity contribution in [2.75, 3.05) is 6.61 Å². The van der Waals surface area contributed by atoms with Crippen LogP contribution in [0, 0.1) is 5.82 Å². The summed E-state index contributed by atoms with van der Waals surface area (Å²) < 4.78 is 19.1. The molecule has 1 N–H and O–H groups in total. The number of rotatable bonds is 7. The van der Waals surface area contributed by atoms with Gasteiger partial charge in [0.25, 0.3) is 0 Å². The second-order valence-electron chi connectivity index (χ2n) is 4.87. The van der Waals surface area contributed by atoms with Gasteiger partial charge in [-0.1, -0.05) is 43.0 Å². The van der Waals surface area contributed by atoms with Crippen LogP contribution in [-0.2, 0) is 6.54 Å². The fraction of sp³-hybridized carbons (Fsp3) is 0.222. The van der Waals surface area contributed by atoms with Crippen molar-refractivity contribution in [3.8, 4) is 5.75 Å². The maximum atomic E-state index is 13.7. The van der Waals surface area contributed by atoms with E-state index in [0.29, 0.717) is 18.7 Å². The van der Waals surface area contributed by atoms with Crippen LogP contribution in [0.4, 0.5) is 4.39 Å². The Bertz CT molecular complexity index is 580. The van der Waals surface area contributed by atoms with Crippen molar-refractivity contribution in [2.45, 2.75) is 19.5 Å². The molecule has 0 radical (unpaired) electrons. The number of benzene rings is 2. The van der Waals surface area contributed by atoms with Crippen LogP contribution in [-0.4, -0.2) is 6.61 Å². The van der Waals surface area contributed by atoms with E-state index in [0.717, 1.165) is 11.3 Å². The molecule has 0 bridgehead atoms. The molecule has 0 aliphatic heterocycles. The van der Waals surface area contributed by atoms with Crippen molar-refractivity contribution >= 4 is 0 Å². The molecule has 0 aliphatic carbocycles. The molecule has 0 amide bonds. The quantitative estimate of drug-likeness (QED) is 0.768. The Kier molecular flexibility index (Phi) is 5.52. The highest BCUT2D eigenvalue weighted by atomic mass is 19.1. The predicted octanol–water partition coefficient (Wildman–Crippen LogP) is 4.24. The molecule has 3 heteroatoms. The van der Waals surface area contributed by atoms with E-state index in [1.165, 1.54) is 6.07 Å². The van der Waals surface area contributed by atoms with Gasteiger partial charge in [-0.2, -0.15) is 0 Å². The topological polar surface area (TPSA) is 21.3 Å². The van der Waals surface area contributed by atoms with Gasteiger partial charge in [-0.05, 0) is 30.7 Å². The molecule has 0 aliphatic rings. The van der Waals surface area contributed by atoms with Gasteiger partial charge >= 0.3 is 0 Å². The van der Waals surface area contributed by atoms with Gasteiger partial charge in [-0.25, -0.2) is 4.39 Å². The summed E-state index contributed by atoms with van der Waals surface area (Å²) in [5.41, 5.74) is 1.81. The van der Waals surface area contributed by atoms with Gasteiger partial charge in [0.2, 0.25) is 0 Å². The van der Waals surface area contributed by atoms with Gasteiger partial charge < -0.3 is 10.1 Å². The summed E-state index contributed by atoms with van der Waals surface area (Å²) in [4.78, 5) is 0. The first-order valence-corrected chi connectivity index (χ1v) is 7.01. The second kappa shape index (κ2) is 7.60. The molecule has 1 atom stereocenters. The minimum absolute atomic E-state index is 0.0390. The Morgan fingerprint density at radius 2 is 1.90 bits per heavy atom. The van der Waals surface area contributed by atoms with Crippen molar-refractivity contribution in [1.29, 1.82) is 0 Å².